The summed E-state index contributed by atoms with van der Waals surface area (Å²) in [5.41, 5.74) is 0.837. The second-order valence-electron chi connectivity index (χ2n) is 4.22. The smallest absolute Gasteiger partial charge is 0.312 e. The van der Waals surface area contributed by atoms with E-state index in [1.807, 2.05) is 20.0 Å². The van der Waals surface area contributed by atoms with E-state index in [4.69, 9.17) is 0 Å². The number of aromatic nitrogens is 2. The Morgan fingerprint density at radius 1 is 1.16 bits per heavy atom. The maximum absolute atomic E-state index is 12.5. The van der Waals surface area contributed by atoms with Gasteiger partial charge in [-0.25, -0.2) is 4.68 Å². The number of halogens is 3. The van der Waals surface area contributed by atoms with Crippen molar-refractivity contribution < 1.29 is 13.2 Å². The summed E-state index contributed by atoms with van der Waals surface area (Å²) in [7, 11) is 1.81. The number of hydrogen-bond donors (Lipinski definition) is 1. The summed E-state index contributed by atoms with van der Waals surface area (Å²) in [4.78, 5) is 0. The zero-order valence-electron chi connectivity index (χ0n) is 10.6. The van der Waals surface area contributed by atoms with Gasteiger partial charge in [0.1, 0.15) is 0 Å². The van der Waals surface area contributed by atoms with Gasteiger partial charge >= 0.3 is 6.18 Å². The minimum Gasteiger partial charge on any atom is -0.312 e. The summed E-state index contributed by atoms with van der Waals surface area (Å²) in [6.45, 7) is 1.96. The van der Waals surface area contributed by atoms with E-state index in [0.717, 1.165) is 17.8 Å². The van der Waals surface area contributed by atoms with Crippen molar-refractivity contribution in [3.05, 3.63) is 47.8 Å². The molecular formula is C13H14F3N3. The summed E-state index contributed by atoms with van der Waals surface area (Å²) in [5.74, 6) is 0. The van der Waals surface area contributed by atoms with Gasteiger partial charge in [-0.05, 0) is 44.3 Å². The van der Waals surface area contributed by atoms with Crippen LogP contribution >= 0.6 is 0 Å². The molecule has 0 aliphatic carbocycles. The van der Waals surface area contributed by atoms with E-state index >= 15 is 0 Å². The molecule has 1 aromatic heterocycles. The first kappa shape index (κ1) is 13.6. The summed E-state index contributed by atoms with van der Waals surface area (Å²) in [6.07, 6.45) is -2.69. The topological polar surface area (TPSA) is 29.9 Å². The fraction of sp³-hybridized carbons (Fsp3) is 0.308. The van der Waals surface area contributed by atoms with Gasteiger partial charge in [0.15, 0.2) is 0 Å². The molecule has 1 atom stereocenters. The van der Waals surface area contributed by atoms with Crippen molar-refractivity contribution in [2.24, 2.45) is 0 Å². The van der Waals surface area contributed by atoms with Gasteiger partial charge in [-0.3, -0.25) is 0 Å². The van der Waals surface area contributed by atoms with Crippen LogP contribution in [0.3, 0.4) is 0 Å². The monoisotopic (exact) mass is 269 g/mol. The molecule has 1 aromatic carbocycles. The average Bonchev–Trinajstić information content (AvgIpc) is 2.86. The molecule has 6 heteroatoms. The van der Waals surface area contributed by atoms with Crippen molar-refractivity contribution in [2.45, 2.75) is 19.1 Å². The fourth-order valence-electron chi connectivity index (χ4n) is 1.80. The van der Waals surface area contributed by atoms with E-state index in [0.29, 0.717) is 5.69 Å². The van der Waals surface area contributed by atoms with Crippen LogP contribution in [0.4, 0.5) is 13.2 Å². The van der Waals surface area contributed by atoms with E-state index in [1.165, 1.54) is 12.1 Å². The van der Waals surface area contributed by atoms with Gasteiger partial charge in [0.2, 0.25) is 0 Å². The van der Waals surface area contributed by atoms with Crippen molar-refractivity contribution in [3.8, 4) is 5.69 Å². The fourth-order valence-corrected chi connectivity index (χ4v) is 1.80. The quantitative estimate of drug-likeness (QED) is 0.927. The Labute approximate surface area is 109 Å². The van der Waals surface area contributed by atoms with Gasteiger partial charge in [0.05, 0.1) is 16.9 Å². The van der Waals surface area contributed by atoms with E-state index in [1.54, 1.807) is 10.9 Å². The number of rotatable bonds is 3. The maximum Gasteiger partial charge on any atom is 0.416 e. The van der Waals surface area contributed by atoms with Crippen molar-refractivity contribution >= 4 is 0 Å². The van der Waals surface area contributed by atoms with E-state index in [-0.39, 0.29) is 6.04 Å². The lowest BCUT2D eigenvalue weighted by Gasteiger charge is -2.14. The number of benzene rings is 1. The molecule has 0 saturated heterocycles. The predicted molar refractivity (Wildman–Crippen MR) is 66.0 cm³/mol. The summed E-state index contributed by atoms with van der Waals surface area (Å²) >= 11 is 0. The zero-order valence-corrected chi connectivity index (χ0v) is 10.6. The molecule has 2 aromatic rings. The first-order valence-corrected chi connectivity index (χ1v) is 5.82. The second-order valence-corrected chi connectivity index (χ2v) is 4.22. The predicted octanol–water partition coefficient (Wildman–Crippen LogP) is 3.17. The molecule has 0 saturated carbocycles. The lowest BCUT2D eigenvalue weighted by Crippen LogP contribution is -2.16. The van der Waals surface area contributed by atoms with Crippen LogP contribution in [0.1, 0.15) is 24.2 Å². The Hall–Kier alpha value is -1.82. The highest BCUT2D eigenvalue weighted by atomic mass is 19.4. The van der Waals surface area contributed by atoms with Gasteiger partial charge < -0.3 is 5.32 Å². The third-order valence-corrected chi connectivity index (χ3v) is 2.99. The van der Waals surface area contributed by atoms with E-state index in [2.05, 4.69) is 10.4 Å². The highest BCUT2D eigenvalue weighted by Crippen LogP contribution is 2.29. The average molecular weight is 269 g/mol. The van der Waals surface area contributed by atoms with Gasteiger partial charge in [-0.15, -0.1) is 0 Å². The Morgan fingerprint density at radius 2 is 1.79 bits per heavy atom. The Balaban J connectivity index is 2.36. The Kier molecular flexibility index (Phi) is 3.61. The lowest BCUT2D eigenvalue weighted by molar-refractivity contribution is -0.137. The summed E-state index contributed by atoms with van der Waals surface area (Å²) in [5, 5.41) is 7.22. The first-order chi connectivity index (χ1) is 8.93. The molecule has 0 fully saturated rings. The maximum atomic E-state index is 12.5. The van der Waals surface area contributed by atoms with Crippen molar-refractivity contribution in [1.29, 1.82) is 0 Å². The minimum absolute atomic E-state index is 0.0600. The third kappa shape index (κ3) is 2.78. The highest BCUT2D eigenvalue weighted by molar-refractivity contribution is 5.36. The Bertz CT molecular complexity index is 543. The van der Waals surface area contributed by atoms with Crippen molar-refractivity contribution in [1.82, 2.24) is 15.1 Å². The molecule has 102 valence electrons. The first-order valence-electron chi connectivity index (χ1n) is 5.82. The molecular weight excluding hydrogens is 255 g/mol. The molecule has 2 rings (SSSR count). The van der Waals surface area contributed by atoms with Crippen LogP contribution in [0.15, 0.2) is 36.5 Å². The van der Waals surface area contributed by atoms with Crippen LogP contribution in [-0.4, -0.2) is 16.8 Å². The molecule has 0 aliphatic heterocycles. The van der Waals surface area contributed by atoms with Crippen LogP contribution in [0, 0.1) is 0 Å². The number of hydrogen-bond acceptors (Lipinski definition) is 2. The molecule has 0 amide bonds. The van der Waals surface area contributed by atoms with E-state index < -0.39 is 11.7 Å². The van der Waals surface area contributed by atoms with Crippen LogP contribution in [0.5, 0.6) is 0 Å². The summed E-state index contributed by atoms with van der Waals surface area (Å²) in [6, 6.07) is 6.85. The molecule has 3 nitrogen and oxygen atoms in total. The molecule has 0 bridgehead atoms. The van der Waals surface area contributed by atoms with Crippen molar-refractivity contribution in [3.63, 3.8) is 0 Å². The van der Waals surface area contributed by atoms with Crippen LogP contribution in [0.2, 0.25) is 0 Å². The third-order valence-electron chi connectivity index (χ3n) is 2.99. The highest BCUT2D eigenvalue weighted by Gasteiger charge is 2.30. The molecule has 0 aliphatic rings. The minimum atomic E-state index is -4.32. The lowest BCUT2D eigenvalue weighted by atomic mass is 10.2. The SMILES string of the molecule is CNC(C)c1ccnn1-c1ccc(C(F)(F)F)cc1. The van der Waals surface area contributed by atoms with E-state index in [9.17, 15) is 13.2 Å². The van der Waals surface area contributed by atoms with Crippen LogP contribution in [-0.2, 0) is 6.18 Å². The van der Waals surface area contributed by atoms with Crippen molar-refractivity contribution in [2.75, 3.05) is 7.05 Å². The number of alkyl halides is 3. The molecule has 1 unspecified atom stereocenters. The molecule has 0 radical (unpaired) electrons. The number of nitrogens with one attached hydrogen (secondary N) is 1. The normalized spacial score (nSPS) is 13.5. The van der Waals surface area contributed by atoms with Gasteiger partial charge in [-0.1, -0.05) is 0 Å². The van der Waals surface area contributed by atoms with Crippen LogP contribution in [0.25, 0.3) is 5.69 Å². The van der Waals surface area contributed by atoms with Gasteiger partial charge in [0, 0.05) is 12.2 Å². The molecule has 1 N–H and O–H groups in total. The molecule has 19 heavy (non-hydrogen) atoms. The van der Waals surface area contributed by atoms with Gasteiger partial charge in [-0.2, -0.15) is 18.3 Å². The van der Waals surface area contributed by atoms with Gasteiger partial charge in [0.25, 0.3) is 0 Å². The second kappa shape index (κ2) is 5.05. The Morgan fingerprint density at radius 3 is 2.32 bits per heavy atom. The zero-order chi connectivity index (χ0) is 14.0. The summed E-state index contributed by atoms with van der Waals surface area (Å²) < 4.78 is 39.1. The molecule has 0 spiro atoms. The van der Waals surface area contributed by atoms with Crippen LogP contribution < -0.4 is 5.32 Å². The molecule has 1 heterocycles. The number of nitrogens with zero attached hydrogens (tertiary/aromatic N) is 2. The standard InChI is InChI=1S/C13H14F3N3/c1-9(17-2)12-7-8-18-19(12)11-5-3-10(4-6-11)13(14,15)16/h3-9,17H,1-2H3. The largest absolute Gasteiger partial charge is 0.416 e.